The SMILES string of the molecule is CN(C(=O)c1cccc(C(=O)O)n1)C(C)(C)CO. The lowest BCUT2D eigenvalue weighted by atomic mass is 10.0. The molecule has 0 bridgehead atoms. The molecule has 1 amide bonds. The van der Waals surface area contributed by atoms with Crippen LogP contribution in [0.1, 0.15) is 34.8 Å². The van der Waals surface area contributed by atoms with Gasteiger partial charge in [0.05, 0.1) is 12.1 Å². The first kappa shape index (κ1) is 14.1. The van der Waals surface area contributed by atoms with Gasteiger partial charge in [0.1, 0.15) is 11.4 Å². The molecule has 1 aromatic rings. The second-order valence-corrected chi connectivity index (χ2v) is 4.55. The van der Waals surface area contributed by atoms with E-state index in [1.165, 1.54) is 30.1 Å². The highest BCUT2D eigenvalue weighted by Crippen LogP contribution is 2.14. The molecule has 1 heterocycles. The van der Waals surface area contributed by atoms with Crippen LogP contribution in [0.15, 0.2) is 18.2 Å². The van der Waals surface area contributed by atoms with Crippen molar-refractivity contribution in [2.75, 3.05) is 13.7 Å². The van der Waals surface area contributed by atoms with E-state index in [1.807, 2.05) is 0 Å². The number of aliphatic hydroxyl groups excluding tert-OH is 1. The lowest BCUT2D eigenvalue weighted by Gasteiger charge is -2.33. The largest absolute Gasteiger partial charge is 0.477 e. The number of hydrogen-bond donors (Lipinski definition) is 2. The number of amides is 1. The Balaban J connectivity index is 3.04. The third kappa shape index (κ3) is 2.84. The van der Waals surface area contributed by atoms with Crippen molar-refractivity contribution in [3.63, 3.8) is 0 Å². The minimum Gasteiger partial charge on any atom is -0.477 e. The Kier molecular flexibility index (Phi) is 4.03. The van der Waals surface area contributed by atoms with E-state index < -0.39 is 17.4 Å². The van der Waals surface area contributed by atoms with Crippen LogP contribution < -0.4 is 0 Å². The second-order valence-electron chi connectivity index (χ2n) is 4.55. The molecule has 0 spiro atoms. The maximum Gasteiger partial charge on any atom is 0.354 e. The number of aromatic nitrogens is 1. The standard InChI is InChI=1S/C12H16N2O4/c1-12(2,7-15)14(3)10(16)8-5-4-6-9(13-8)11(17)18/h4-6,15H,7H2,1-3H3,(H,17,18). The molecule has 0 atom stereocenters. The van der Waals surface area contributed by atoms with Crippen molar-refractivity contribution < 1.29 is 19.8 Å². The minimum atomic E-state index is -1.19. The predicted molar refractivity (Wildman–Crippen MR) is 64.5 cm³/mol. The van der Waals surface area contributed by atoms with E-state index in [-0.39, 0.29) is 18.0 Å². The molecule has 0 aliphatic rings. The fourth-order valence-electron chi connectivity index (χ4n) is 1.23. The summed E-state index contributed by atoms with van der Waals surface area (Å²) in [6.45, 7) is 3.20. The van der Waals surface area contributed by atoms with E-state index in [0.717, 1.165) is 0 Å². The molecule has 98 valence electrons. The van der Waals surface area contributed by atoms with Gasteiger partial charge in [0, 0.05) is 7.05 Å². The highest BCUT2D eigenvalue weighted by atomic mass is 16.4. The van der Waals surface area contributed by atoms with Crippen molar-refractivity contribution >= 4 is 11.9 Å². The first-order chi connectivity index (χ1) is 8.29. The molecule has 6 heteroatoms. The molecule has 0 saturated heterocycles. The Morgan fingerprint density at radius 3 is 2.39 bits per heavy atom. The zero-order valence-corrected chi connectivity index (χ0v) is 10.5. The molecule has 6 nitrogen and oxygen atoms in total. The van der Waals surface area contributed by atoms with Crippen molar-refractivity contribution in [2.24, 2.45) is 0 Å². The Bertz CT molecular complexity index is 471. The summed E-state index contributed by atoms with van der Waals surface area (Å²) < 4.78 is 0. The molecule has 0 aliphatic carbocycles. The maximum atomic E-state index is 12.1. The third-order valence-corrected chi connectivity index (χ3v) is 2.79. The van der Waals surface area contributed by atoms with Gasteiger partial charge in [-0.05, 0) is 26.0 Å². The quantitative estimate of drug-likeness (QED) is 0.819. The maximum absolute atomic E-state index is 12.1. The molecule has 0 radical (unpaired) electrons. The average Bonchev–Trinajstić information content (AvgIpc) is 2.37. The molecule has 0 fully saturated rings. The zero-order valence-electron chi connectivity index (χ0n) is 10.5. The van der Waals surface area contributed by atoms with Gasteiger partial charge >= 0.3 is 5.97 Å². The van der Waals surface area contributed by atoms with Crippen LogP contribution in [0.4, 0.5) is 0 Å². The Hall–Kier alpha value is -1.95. The smallest absolute Gasteiger partial charge is 0.354 e. The first-order valence-electron chi connectivity index (χ1n) is 5.39. The van der Waals surface area contributed by atoms with Crippen LogP contribution in [0.25, 0.3) is 0 Å². The van der Waals surface area contributed by atoms with Gasteiger partial charge in [-0.1, -0.05) is 6.07 Å². The summed E-state index contributed by atoms with van der Waals surface area (Å²) in [7, 11) is 1.54. The van der Waals surface area contributed by atoms with Gasteiger partial charge in [-0.2, -0.15) is 0 Å². The number of aromatic carboxylic acids is 1. The van der Waals surface area contributed by atoms with Gasteiger partial charge in [-0.3, -0.25) is 4.79 Å². The Labute approximate surface area is 105 Å². The number of likely N-dealkylation sites (N-methyl/N-ethyl adjacent to an activating group) is 1. The molecule has 0 aliphatic heterocycles. The highest BCUT2D eigenvalue weighted by Gasteiger charge is 2.28. The summed E-state index contributed by atoms with van der Waals surface area (Å²) in [6.07, 6.45) is 0. The topological polar surface area (TPSA) is 90.7 Å². The van der Waals surface area contributed by atoms with Gasteiger partial charge in [-0.25, -0.2) is 9.78 Å². The summed E-state index contributed by atoms with van der Waals surface area (Å²) >= 11 is 0. The van der Waals surface area contributed by atoms with Crippen molar-refractivity contribution in [1.82, 2.24) is 9.88 Å². The molecule has 0 aromatic carbocycles. The van der Waals surface area contributed by atoms with Crippen LogP contribution in [0, 0.1) is 0 Å². The van der Waals surface area contributed by atoms with Crippen LogP contribution in [0.2, 0.25) is 0 Å². The van der Waals surface area contributed by atoms with Gasteiger partial charge in [0.15, 0.2) is 0 Å². The summed E-state index contributed by atoms with van der Waals surface area (Å²) in [5.74, 6) is -1.62. The number of aliphatic hydroxyl groups is 1. The van der Waals surface area contributed by atoms with E-state index in [2.05, 4.69) is 4.98 Å². The summed E-state index contributed by atoms with van der Waals surface area (Å²) in [5.41, 5.74) is -0.882. The number of pyridine rings is 1. The van der Waals surface area contributed by atoms with Crippen LogP contribution in [0.5, 0.6) is 0 Å². The number of nitrogens with zero attached hydrogens (tertiary/aromatic N) is 2. The molecule has 18 heavy (non-hydrogen) atoms. The Morgan fingerprint density at radius 1 is 1.33 bits per heavy atom. The van der Waals surface area contributed by atoms with Gasteiger partial charge < -0.3 is 15.1 Å². The lowest BCUT2D eigenvalue weighted by molar-refractivity contribution is 0.0467. The summed E-state index contributed by atoms with van der Waals surface area (Å²) in [4.78, 5) is 28.0. The van der Waals surface area contributed by atoms with Gasteiger partial charge in [0.2, 0.25) is 0 Å². The van der Waals surface area contributed by atoms with Crippen LogP contribution in [-0.4, -0.2) is 51.2 Å². The molecular weight excluding hydrogens is 236 g/mol. The third-order valence-electron chi connectivity index (χ3n) is 2.79. The van der Waals surface area contributed by atoms with E-state index in [4.69, 9.17) is 5.11 Å². The number of hydrogen-bond acceptors (Lipinski definition) is 4. The van der Waals surface area contributed by atoms with E-state index in [1.54, 1.807) is 13.8 Å². The second kappa shape index (κ2) is 5.14. The molecule has 1 aromatic heterocycles. The molecule has 2 N–H and O–H groups in total. The monoisotopic (exact) mass is 252 g/mol. The Morgan fingerprint density at radius 2 is 1.89 bits per heavy atom. The van der Waals surface area contributed by atoms with Crippen molar-refractivity contribution in [3.05, 3.63) is 29.6 Å². The van der Waals surface area contributed by atoms with Gasteiger partial charge in [-0.15, -0.1) is 0 Å². The van der Waals surface area contributed by atoms with Crippen molar-refractivity contribution in [1.29, 1.82) is 0 Å². The molecule has 0 saturated carbocycles. The minimum absolute atomic E-state index is 0.0407. The van der Waals surface area contributed by atoms with Crippen LogP contribution >= 0.6 is 0 Å². The van der Waals surface area contributed by atoms with E-state index in [0.29, 0.717) is 0 Å². The van der Waals surface area contributed by atoms with Crippen LogP contribution in [-0.2, 0) is 0 Å². The number of carbonyl (C=O) groups is 2. The predicted octanol–water partition coefficient (Wildman–Crippen LogP) is 0.623. The fourth-order valence-corrected chi connectivity index (χ4v) is 1.23. The molecule has 1 rings (SSSR count). The van der Waals surface area contributed by atoms with Crippen molar-refractivity contribution in [3.8, 4) is 0 Å². The van der Waals surface area contributed by atoms with Crippen LogP contribution in [0.3, 0.4) is 0 Å². The normalized spacial score (nSPS) is 11.1. The molecular formula is C12H16N2O4. The van der Waals surface area contributed by atoms with E-state index in [9.17, 15) is 14.7 Å². The number of carboxylic acids is 1. The van der Waals surface area contributed by atoms with E-state index >= 15 is 0 Å². The first-order valence-corrected chi connectivity index (χ1v) is 5.39. The highest BCUT2D eigenvalue weighted by molar-refractivity contribution is 5.94. The van der Waals surface area contributed by atoms with Gasteiger partial charge in [0.25, 0.3) is 5.91 Å². The summed E-state index contributed by atoms with van der Waals surface area (Å²) in [5, 5.41) is 18.0. The average molecular weight is 252 g/mol. The number of carboxylic acid groups (broad SMARTS) is 1. The zero-order chi connectivity index (χ0) is 13.9. The fraction of sp³-hybridized carbons (Fsp3) is 0.417. The lowest BCUT2D eigenvalue weighted by Crippen LogP contribution is -2.47. The number of rotatable bonds is 4. The van der Waals surface area contributed by atoms with Crippen molar-refractivity contribution in [2.45, 2.75) is 19.4 Å². The molecule has 0 unspecified atom stereocenters. The number of carbonyl (C=O) groups excluding carboxylic acids is 1. The summed E-state index contributed by atoms with van der Waals surface area (Å²) in [6, 6.07) is 4.22.